The van der Waals surface area contributed by atoms with Gasteiger partial charge in [-0.05, 0) is 61.2 Å². The number of benzene rings is 2. The minimum atomic E-state index is -0.609. The second-order valence-electron chi connectivity index (χ2n) is 7.50. The molecule has 0 amide bonds. The molecule has 0 aliphatic carbocycles. The highest BCUT2D eigenvalue weighted by molar-refractivity contribution is 5.96. The molecule has 0 spiro atoms. The van der Waals surface area contributed by atoms with Crippen LogP contribution in [0.25, 0.3) is 0 Å². The summed E-state index contributed by atoms with van der Waals surface area (Å²) in [6.07, 6.45) is 5.24. The van der Waals surface area contributed by atoms with E-state index in [2.05, 4.69) is 6.07 Å². The van der Waals surface area contributed by atoms with Crippen LogP contribution in [0.2, 0.25) is 0 Å². The van der Waals surface area contributed by atoms with Crippen molar-refractivity contribution in [2.75, 3.05) is 28.1 Å². The standard InChI is InChI=1S/C25H34O6/c1-28-18-31-22-13-11-20(12-14-22)23(27)17-21(26)9-7-5-4-6-8-19-10-15-24(29-2)25(16-19)30-3/h10-16,21,26H,4-9,17-18H2,1-3H3. The van der Waals surface area contributed by atoms with Gasteiger partial charge in [0.05, 0.1) is 20.3 Å². The third kappa shape index (κ3) is 8.59. The molecule has 6 heteroatoms. The van der Waals surface area contributed by atoms with E-state index >= 15 is 0 Å². The SMILES string of the molecule is COCOc1ccc(C(=O)CC(O)CCCCCCc2ccc(OC)c(OC)c2)cc1. The van der Waals surface area contributed by atoms with E-state index in [-0.39, 0.29) is 19.0 Å². The Balaban J connectivity index is 1.62. The van der Waals surface area contributed by atoms with Crippen LogP contribution < -0.4 is 14.2 Å². The maximum Gasteiger partial charge on any atom is 0.188 e. The van der Waals surface area contributed by atoms with E-state index in [1.54, 1.807) is 45.6 Å². The topological polar surface area (TPSA) is 74.2 Å². The van der Waals surface area contributed by atoms with E-state index in [0.717, 1.165) is 43.6 Å². The molecule has 0 saturated heterocycles. The number of carbonyl (C=O) groups excluding carboxylic acids is 1. The number of hydrogen-bond acceptors (Lipinski definition) is 6. The predicted molar refractivity (Wildman–Crippen MR) is 120 cm³/mol. The first-order valence-corrected chi connectivity index (χ1v) is 10.7. The van der Waals surface area contributed by atoms with E-state index in [4.69, 9.17) is 18.9 Å². The van der Waals surface area contributed by atoms with Gasteiger partial charge < -0.3 is 24.1 Å². The molecule has 0 saturated carbocycles. The van der Waals surface area contributed by atoms with Gasteiger partial charge in [0.2, 0.25) is 0 Å². The van der Waals surface area contributed by atoms with Crippen LogP contribution in [-0.4, -0.2) is 45.1 Å². The van der Waals surface area contributed by atoms with Gasteiger partial charge in [-0.1, -0.05) is 25.3 Å². The number of methoxy groups -OCH3 is 3. The third-order valence-corrected chi connectivity index (χ3v) is 5.14. The van der Waals surface area contributed by atoms with Gasteiger partial charge in [0, 0.05) is 19.1 Å². The van der Waals surface area contributed by atoms with Gasteiger partial charge in [0.15, 0.2) is 24.1 Å². The van der Waals surface area contributed by atoms with E-state index in [9.17, 15) is 9.90 Å². The zero-order chi connectivity index (χ0) is 22.5. The molecule has 0 bridgehead atoms. The van der Waals surface area contributed by atoms with Gasteiger partial charge in [-0.2, -0.15) is 0 Å². The zero-order valence-electron chi connectivity index (χ0n) is 18.8. The molecule has 0 fully saturated rings. The lowest BCUT2D eigenvalue weighted by Crippen LogP contribution is -2.13. The van der Waals surface area contributed by atoms with Crippen molar-refractivity contribution < 1.29 is 28.8 Å². The molecule has 6 nitrogen and oxygen atoms in total. The fourth-order valence-electron chi connectivity index (χ4n) is 3.40. The highest BCUT2D eigenvalue weighted by Crippen LogP contribution is 2.28. The highest BCUT2D eigenvalue weighted by Gasteiger charge is 2.13. The number of hydrogen-bond donors (Lipinski definition) is 1. The van der Waals surface area contributed by atoms with Gasteiger partial charge >= 0.3 is 0 Å². The molecule has 2 aromatic carbocycles. The van der Waals surface area contributed by atoms with Crippen LogP contribution in [0.1, 0.15) is 54.4 Å². The van der Waals surface area contributed by atoms with Crippen molar-refractivity contribution in [3.8, 4) is 17.2 Å². The molecule has 2 rings (SSSR count). The fourth-order valence-corrected chi connectivity index (χ4v) is 3.40. The Bertz CT molecular complexity index is 787. The van der Waals surface area contributed by atoms with Gasteiger partial charge in [0.25, 0.3) is 0 Å². The average Bonchev–Trinajstić information content (AvgIpc) is 2.79. The number of Topliss-reactive ketones (excluding diaryl/α,β-unsaturated/α-hetero) is 1. The summed E-state index contributed by atoms with van der Waals surface area (Å²) in [5.41, 5.74) is 1.81. The van der Waals surface area contributed by atoms with E-state index in [1.807, 2.05) is 12.1 Å². The van der Waals surface area contributed by atoms with Crippen molar-refractivity contribution in [3.05, 3.63) is 53.6 Å². The van der Waals surface area contributed by atoms with Crippen LogP contribution in [0.15, 0.2) is 42.5 Å². The summed E-state index contributed by atoms with van der Waals surface area (Å²) in [5.74, 6) is 2.08. The molecule has 0 aromatic heterocycles. The number of aliphatic hydroxyl groups excluding tert-OH is 1. The first-order chi connectivity index (χ1) is 15.1. The largest absolute Gasteiger partial charge is 0.493 e. The van der Waals surface area contributed by atoms with Crippen LogP contribution in [0.4, 0.5) is 0 Å². The normalized spacial score (nSPS) is 11.7. The molecule has 1 unspecified atom stereocenters. The van der Waals surface area contributed by atoms with Gasteiger partial charge in [-0.15, -0.1) is 0 Å². The number of aryl methyl sites for hydroxylation is 1. The van der Waals surface area contributed by atoms with Crippen LogP contribution in [0.3, 0.4) is 0 Å². The quantitative estimate of drug-likeness (QED) is 0.248. The molecular weight excluding hydrogens is 396 g/mol. The molecule has 0 aliphatic rings. The van der Waals surface area contributed by atoms with Crippen molar-refractivity contribution in [1.82, 2.24) is 0 Å². The highest BCUT2D eigenvalue weighted by atomic mass is 16.7. The summed E-state index contributed by atoms with van der Waals surface area (Å²) >= 11 is 0. The number of carbonyl (C=O) groups is 1. The van der Waals surface area contributed by atoms with Gasteiger partial charge in [-0.3, -0.25) is 4.79 Å². The summed E-state index contributed by atoms with van der Waals surface area (Å²) in [5, 5.41) is 10.2. The predicted octanol–water partition coefficient (Wildman–Crippen LogP) is 4.81. The second kappa shape index (κ2) is 13.7. The molecule has 0 heterocycles. The number of aliphatic hydroxyl groups is 1. The molecule has 31 heavy (non-hydrogen) atoms. The van der Waals surface area contributed by atoms with Gasteiger partial charge in [-0.25, -0.2) is 0 Å². The molecule has 2 aromatic rings. The Morgan fingerprint density at radius 1 is 0.903 bits per heavy atom. The monoisotopic (exact) mass is 430 g/mol. The molecule has 0 aliphatic heterocycles. The Labute approximate surface area is 185 Å². The van der Waals surface area contributed by atoms with Crippen molar-refractivity contribution in [2.24, 2.45) is 0 Å². The van der Waals surface area contributed by atoms with Crippen LogP contribution >= 0.6 is 0 Å². The first-order valence-electron chi connectivity index (χ1n) is 10.7. The summed E-state index contributed by atoms with van der Waals surface area (Å²) < 4.78 is 20.8. The molecule has 170 valence electrons. The van der Waals surface area contributed by atoms with Crippen molar-refractivity contribution in [2.45, 2.75) is 51.0 Å². The number of ether oxygens (including phenoxy) is 4. The van der Waals surface area contributed by atoms with E-state index in [1.165, 1.54) is 5.56 Å². The lowest BCUT2D eigenvalue weighted by atomic mass is 10.00. The summed E-state index contributed by atoms with van der Waals surface area (Å²) in [7, 11) is 4.83. The van der Waals surface area contributed by atoms with Crippen LogP contribution in [0.5, 0.6) is 17.2 Å². The Morgan fingerprint density at radius 3 is 2.29 bits per heavy atom. The smallest absolute Gasteiger partial charge is 0.188 e. The van der Waals surface area contributed by atoms with Crippen molar-refractivity contribution in [3.63, 3.8) is 0 Å². The lowest BCUT2D eigenvalue weighted by Gasteiger charge is -2.11. The van der Waals surface area contributed by atoms with E-state index < -0.39 is 6.10 Å². The van der Waals surface area contributed by atoms with Gasteiger partial charge in [0.1, 0.15) is 5.75 Å². The van der Waals surface area contributed by atoms with Crippen LogP contribution in [0, 0.1) is 0 Å². The maximum absolute atomic E-state index is 12.3. The Kier molecular flexibility index (Phi) is 10.9. The maximum atomic E-state index is 12.3. The first kappa shape index (κ1) is 24.7. The minimum absolute atomic E-state index is 0.0563. The number of unbranched alkanes of at least 4 members (excludes halogenated alkanes) is 3. The third-order valence-electron chi connectivity index (χ3n) is 5.14. The number of rotatable bonds is 15. The average molecular weight is 431 g/mol. The fraction of sp³-hybridized carbons (Fsp3) is 0.480. The lowest BCUT2D eigenvalue weighted by molar-refractivity contribution is 0.0511. The van der Waals surface area contributed by atoms with E-state index in [0.29, 0.717) is 17.7 Å². The molecule has 1 N–H and O–H groups in total. The molecular formula is C25H34O6. The molecule has 1 atom stereocenters. The molecule has 0 radical (unpaired) electrons. The Hall–Kier alpha value is -2.57. The summed E-state index contributed by atoms with van der Waals surface area (Å²) in [6, 6.07) is 12.9. The Morgan fingerprint density at radius 2 is 1.61 bits per heavy atom. The minimum Gasteiger partial charge on any atom is -0.493 e. The summed E-state index contributed by atoms with van der Waals surface area (Å²) in [4.78, 5) is 12.3. The summed E-state index contributed by atoms with van der Waals surface area (Å²) in [6.45, 7) is 0.167. The second-order valence-corrected chi connectivity index (χ2v) is 7.50. The zero-order valence-corrected chi connectivity index (χ0v) is 18.8. The van der Waals surface area contributed by atoms with Crippen molar-refractivity contribution in [1.29, 1.82) is 0 Å². The number of ketones is 1. The van der Waals surface area contributed by atoms with Crippen molar-refractivity contribution >= 4 is 5.78 Å². The van der Waals surface area contributed by atoms with Crippen LogP contribution in [-0.2, 0) is 11.2 Å².